The minimum atomic E-state index is 0.230. The zero-order valence-corrected chi connectivity index (χ0v) is 13.4. The van der Waals surface area contributed by atoms with Crippen molar-refractivity contribution < 1.29 is 0 Å². The van der Waals surface area contributed by atoms with Crippen molar-refractivity contribution in [3.05, 3.63) is 52.3 Å². The van der Waals surface area contributed by atoms with Crippen molar-refractivity contribution in [3.63, 3.8) is 0 Å². The number of fused-ring (bicyclic) bond motifs is 1. The Kier molecular flexibility index (Phi) is 4.32. The van der Waals surface area contributed by atoms with E-state index in [1.165, 1.54) is 17.5 Å². The first kappa shape index (κ1) is 14.6. The topological polar surface area (TPSA) is 29.9 Å². The number of hydrogen-bond donors (Lipinski definition) is 1. The van der Waals surface area contributed by atoms with Crippen LogP contribution in [0.15, 0.2) is 30.5 Å². The van der Waals surface area contributed by atoms with Gasteiger partial charge in [0, 0.05) is 12.5 Å². The van der Waals surface area contributed by atoms with Crippen molar-refractivity contribution in [3.8, 4) is 0 Å². The lowest BCUT2D eigenvalue weighted by atomic mass is 9.90. The second kappa shape index (κ2) is 6.20. The molecule has 3 nitrogen and oxygen atoms in total. The van der Waals surface area contributed by atoms with E-state index in [1.807, 2.05) is 4.68 Å². The summed E-state index contributed by atoms with van der Waals surface area (Å²) >= 11 is 6.44. The quantitative estimate of drug-likeness (QED) is 0.907. The molecule has 0 saturated carbocycles. The molecule has 2 aromatic rings. The molecular formula is C17H22ClN3. The number of aryl methyl sites for hydroxylation is 2. The van der Waals surface area contributed by atoms with Gasteiger partial charge >= 0.3 is 0 Å². The maximum absolute atomic E-state index is 6.44. The molecule has 0 saturated heterocycles. The molecule has 112 valence electrons. The molecule has 21 heavy (non-hydrogen) atoms. The Hall–Kier alpha value is -1.32. The zero-order valence-electron chi connectivity index (χ0n) is 12.6. The van der Waals surface area contributed by atoms with Crippen LogP contribution in [0.4, 0.5) is 0 Å². The number of hydrogen-bond acceptors (Lipinski definition) is 2. The predicted octanol–water partition coefficient (Wildman–Crippen LogP) is 3.94. The summed E-state index contributed by atoms with van der Waals surface area (Å²) in [7, 11) is 0. The third-order valence-electron chi connectivity index (χ3n) is 4.43. The van der Waals surface area contributed by atoms with Crippen LogP contribution in [-0.2, 0) is 13.0 Å². The van der Waals surface area contributed by atoms with Gasteiger partial charge in [0.15, 0.2) is 0 Å². The van der Waals surface area contributed by atoms with Gasteiger partial charge in [0.1, 0.15) is 0 Å². The first-order valence-corrected chi connectivity index (χ1v) is 8.16. The molecule has 1 aromatic heterocycles. The van der Waals surface area contributed by atoms with E-state index >= 15 is 0 Å². The van der Waals surface area contributed by atoms with Crippen LogP contribution >= 0.6 is 11.6 Å². The standard InChI is InChI=1S/C17H22ClN3/c1-3-19-16(17-15(18)11-20-21(17)4-2)14-10-9-12-7-5-6-8-13(12)14/h5-8,11,14,16,19H,3-4,9-10H2,1-2H3. The largest absolute Gasteiger partial charge is 0.308 e. The number of likely N-dealkylation sites (N-methyl/N-ethyl adjacent to an activating group) is 1. The number of nitrogens with zero attached hydrogens (tertiary/aromatic N) is 2. The van der Waals surface area contributed by atoms with Crippen LogP contribution in [0.3, 0.4) is 0 Å². The van der Waals surface area contributed by atoms with Gasteiger partial charge in [-0.25, -0.2) is 0 Å². The molecular weight excluding hydrogens is 282 g/mol. The molecule has 1 N–H and O–H groups in total. The van der Waals surface area contributed by atoms with Crippen molar-refractivity contribution in [2.75, 3.05) is 6.54 Å². The Morgan fingerprint density at radius 2 is 2.19 bits per heavy atom. The van der Waals surface area contributed by atoms with E-state index in [9.17, 15) is 0 Å². The van der Waals surface area contributed by atoms with Crippen LogP contribution in [0, 0.1) is 0 Å². The minimum absolute atomic E-state index is 0.230. The van der Waals surface area contributed by atoms with Crippen molar-refractivity contribution in [1.29, 1.82) is 0 Å². The summed E-state index contributed by atoms with van der Waals surface area (Å²) < 4.78 is 2.02. The average molecular weight is 304 g/mol. The number of nitrogens with one attached hydrogen (secondary N) is 1. The fraction of sp³-hybridized carbons (Fsp3) is 0.471. The van der Waals surface area contributed by atoms with Crippen LogP contribution in [0.2, 0.25) is 5.02 Å². The fourth-order valence-corrected chi connectivity index (χ4v) is 3.78. The van der Waals surface area contributed by atoms with Crippen molar-refractivity contribution in [1.82, 2.24) is 15.1 Å². The average Bonchev–Trinajstić information content (AvgIpc) is 3.09. The summed E-state index contributed by atoms with van der Waals surface area (Å²) in [6.45, 7) is 6.03. The smallest absolute Gasteiger partial charge is 0.0834 e. The highest BCUT2D eigenvalue weighted by Gasteiger charge is 2.33. The van der Waals surface area contributed by atoms with E-state index in [4.69, 9.17) is 11.6 Å². The third-order valence-corrected chi connectivity index (χ3v) is 4.72. The van der Waals surface area contributed by atoms with Crippen molar-refractivity contribution >= 4 is 11.6 Å². The fourth-order valence-electron chi connectivity index (χ4n) is 3.52. The number of benzene rings is 1. The molecule has 4 heteroatoms. The van der Waals surface area contributed by atoms with Crippen LogP contribution in [0.25, 0.3) is 0 Å². The van der Waals surface area contributed by atoms with Crippen LogP contribution in [-0.4, -0.2) is 16.3 Å². The predicted molar refractivity (Wildman–Crippen MR) is 86.8 cm³/mol. The van der Waals surface area contributed by atoms with Gasteiger partial charge in [0.05, 0.1) is 23.0 Å². The molecule has 0 bridgehead atoms. The third kappa shape index (κ3) is 2.60. The van der Waals surface area contributed by atoms with Gasteiger partial charge in [-0.1, -0.05) is 42.8 Å². The summed E-state index contributed by atoms with van der Waals surface area (Å²) in [5, 5.41) is 8.82. The number of aromatic nitrogens is 2. The van der Waals surface area contributed by atoms with E-state index in [1.54, 1.807) is 6.20 Å². The molecule has 1 heterocycles. The lowest BCUT2D eigenvalue weighted by Crippen LogP contribution is -2.28. The highest BCUT2D eigenvalue weighted by molar-refractivity contribution is 6.31. The Morgan fingerprint density at radius 3 is 2.95 bits per heavy atom. The molecule has 0 aliphatic heterocycles. The van der Waals surface area contributed by atoms with Crippen molar-refractivity contribution in [2.45, 2.75) is 45.2 Å². The maximum Gasteiger partial charge on any atom is 0.0834 e. The number of rotatable bonds is 5. The Labute approximate surface area is 131 Å². The van der Waals surface area contributed by atoms with Crippen LogP contribution < -0.4 is 5.32 Å². The first-order chi connectivity index (χ1) is 10.3. The Bertz CT molecular complexity index is 620. The number of halogens is 1. The molecule has 0 amide bonds. The van der Waals surface area contributed by atoms with E-state index in [0.29, 0.717) is 5.92 Å². The van der Waals surface area contributed by atoms with E-state index < -0.39 is 0 Å². The van der Waals surface area contributed by atoms with E-state index in [2.05, 4.69) is 48.5 Å². The molecule has 3 rings (SSSR count). The molecule has 1 aromatic carbocycles. The molecule has 0 radical (unpaired) electrons. The molecule has 1 aliphatic rings. The Balaban J connectivity index is 2.01. The van der Waals surface area contributed by atoms with Crippen LogP contribution in [0.5, 0.6) is 0 Å². The molecule has 0 spiro atoms. The first-order valence-electron chi connectivity index (χ1n) is 7.78. The summed E-state index contributed by atoms with van der Waals surface area (Å²) in [5.41, 5.74) is 4.06. The SMILES string of the molecule is CCNC(c1c(Cl)cnn1CC)C1CCc2ccccc21. The Morgan fingerprint density at radius 1 is 1.38 bits per heavy atom. The minimum Gasteiger partial charge on any atom is -0.308 e. The van der Waals surface area contributed by atoms with Gasteiger partial charge in [-0.15, -0.1) is 0 Å². The highest BCUT2D eigenvalue weighted by Crippen LogP contribution is 2.43. The van der Waals surface area contributed by atoms with Gasteiger partial charge < -0.3 is 5.32 Å². The second-order valence-corrected chi connectivity index (χ2v) is 5.98. The summed E-state index contributed by atoms with van der Waals surface area (Å²) in [6, 6.07) is 9.01. The zero-order chi connectivity index (χ0) is 14.8. The second-order valence-electron chi connectivity index (χ2n) is 5.57. The summed E-state index contributed by atoms with van der Waals surface area (Å²) in [4.78, 5) is 0. The highest BCUT2D eigenvalue weighted by atomic mass is 35.5. The van der Waals surface area contributed by atoms with E-state index in [0.717, 1.165) is 30.2 Å². The van der Waals surface area contributed by atoms with Gasteiger partial charge in [-0.3, -0.25) is 4.68 Å². The van der Waals surface area contributed by atoms with Gasteiger partial charge in [0.2, 0.25) is 0 Å². The molecule has 1 aliphatic carbocycles. The van der Waals surface area contributed by atoms with Gasteiger partial charge in [-0.05, 0) is 37.4 Å². The summed E-state index contributed by atoms with van der Waals surface area (Å²) in [5.74, 6) is 0.473. The van der Waals surface area contributed by atoms with Gasteiger partial charge in [-0.2, -0.15) is 5.10 Å². The van der Waals surface area contributed by atoms with Gasteiger partial charge in [0.25, 0.3) is 0 Å². The van der Waals surface area contributed by atoms with E-state index in [-0.39, 0.29) is 6.04 Å². The molecule has 2 unspecified atom stereocenters. The monoisotopic (exact) mass is 303 g/mol. The van der Waals surface area contributed by atoms with Crippen molar-refractivity contribution in [2.24, 2.45) is 0 Å². The lowest BCUT2D eigenvalue weighted by molar-refractivity contribution is 0.419. The maximum atomic E-state index is 6.44. The van der Waals surface area contributed by atoms with Crippen LogP contribution in [0.1, 0.15) is 49.0 Å². The molecule has 0 fully saturated rings. The molecule has 2 atom stereocenters. The normalized spacial score (nSPS) is 18.7. The lowest BCUT2D eigenvalue weighted by Gasteiger charge is -2.26. The summed E-state index contributed by atoms with van der Waals surface area (Å²) in [6.07, 6.45) is 4.09.